The van der Waals surface area contributed by atoms with Gasteiger partial charge in [-0.3, -0.25) is 4.98 Å². The highest BCUT2D eigenvalue weighted by Gasteiger charge is 2.16. The lowest BCUT2D eigenvalue weighted by Gasteiger charge is -2.12. The highest BCUT2D eigenvalue weighted by molar-refractivity contribution is 6.33. The molecule has 0 N–H and O–H groups in total. The largest absolute Gasteiger partial charge is 0.465 e. The first kappa shape index (κ1) is 14.5. The van der Waals surface area contributed by atoms with E-state index < -0.39 is 12.6 Å². The molecule has 0 spiro atoms. The molecule has 1 aromatic heterocycles. The average Bonchev–Trinajstić information content (AvgIpc) is 2.41. The van der Waals surface area contributed by atoms with Crippen molar-refractivity contribution in [1.82, 2.24) is 4.98 Å². The number of halogens is 3. The fourth-order valence-electron chi connectivity index (χ4n) is 1.86. The number of carbonyl (C=O) groups excluding carboxylic acids is 1. The van der Waals surface area contributed by atoms with Gasteiger partial charge in [0.1, 0.15) is 5.75 Å². The summed E-state index contributed by atoms with van der Waals surface area (Å²) in [5.41, 5.74) is 1.06. The van der Waals surface area contributed by atoms with Crippen molar-refractivity contribution >= 4 is 28.5 Å². The fraction of sp³-hybridized carbons (Fsp3) is 0.231. The number of rotatable bonds is 3. The highest BCUT2D eigenvalue weighted by atomic mass is 35.5. The van der Waals surface area contributed by atoms with Gasteiger partial charge < -0.3 is 9.47 Å². The monoisotopic (exact) mass is 301 g/mol. The standard InChI is InChI=1S/C13H10ClF2NO3/c1-6-10-7(3-8(5-17-10)12(18)19-2)4-9(14)11(6)20-13(15)16/h3-5,13H,1-2H3. The van der Waals surface area contributed by atoms with Gasteiger partial charge in [-0.25, -0.2) is 4.79 Å². The number of aromatic nitrogens is 1. The number of nitrogens with zero attached hydrogens (tertiary/aromatic N) is 1. The van der Waals surface area contributed by atoms with Gasteiger partial charge >= 0.3 is 12.6 Å². The SMILES string of the molecule is COC(=O)c1cnc2c(C)c(OC(F)F)c(Cl)cc2c1. The maximum absolute atomic E-state index is 12.3. The number of benzene rings is 1. The number of esters is 1. The van der Waals surface area contributed by atoms with Crippen LogP contribution in [0.4, 0.5) is 8.78 Å². The predicted molar refractivity (Wildman–Crippen MR) is 69.5 cm³/mol. The number of pyridine rings is 1. The molecule has 4 nitrogen and oxygen atoms in total. The molecular formula is C13H10ClF2NO3. The smallest absolute Gasteiger partial charge is 0.387 e. The summed E-state index contributed by atoms with van der Waals surface area (Å²) in [6.07, 6.45) is 1.31. The van der Waals surface area contributed by atoms with E-state index in [0.29, 0.717) is 16.5 Å². The van der Waals surface area contributed by atoms with Crippen LogP contribution in [-0.2, 0) is 4.74 Å². The number of aryl methyl sites for hydroxylation is 1. The van der Waals surface area contributed by atoms with Crippen molar-refractivity contribution in [2.45, 2.75) is 13.5 Å². The van der Waals surface area contributed by atoms with Crippen LogP contribution < -0.4 is 4.74 Å². The van der Waals surface area contributed by atoms with Crippen molar-refractivity contribution in [2.75, 3.05) is 7.11 Å². The minimum absolute atomic E-state index is 0.0270. The van der Waals surface area contributed by atoms with Crippen molar-refractivity contribution in [3.05, 3.63) is 34.5 Å². The number of methoxy groups -OCH3 is 1. The highest BCUT2D eigenvalue weighted by Crippen LogP contribution is 2.35. The Bertz CT molecular complexity index is 676. The van der Waals surface area contributed by atoms with Crippen LogP contribution in [0.2, 0.25) is 5.02 Å². The lowest BCUT2D eigenvalue weighted by Crippen LogP contribution is -2.05. The molecular weight excluding hydrogens is 292 g/mol. The Morgan fingerprint density at radius 2 is 2.10 bits per heavy atom. The van der Waals surface area contributed by atoms with E-state index in [0.717, 1.165) is 0 Å². The zero-order valence-corrected chi connectivity index (χ0v) is 11.4. The van der Waals surface area contributed by atoms with Gasteiger partial charge in [-0.05, 0) is 19.1 Å². The van der Waals surface area contributed by atoms with Gasteiger partial charge in [-0.15, -0.1) is 0 Å². The van der Waals surface area contributed by atoms with E-state index in [2.05, 4.69) is 14.5 Å². The second-order valence-corrected chi connectivity index (χ2v) is 4.39. The Morgan fingerprint density at radius 1 is 1.40 bits per heavy atom. The van der Waals surface area contributed by atoms with E-state index in [1.165, 1.54) is 25.4 Å². The molecule has 0 bridgehead atoms. The topological polar surface area (TPSA) is 48.4 Å². The van der Waals surface area contributed by atoms with Crippen molar-refractivity contribution in [2.24, 2.45) is 0 Å². The van der Waals surface area contributed by atoms with Crippen molar-refractivity contribution in [1.29, 1.82) is 0 Å². The summed E-state index contributed by atoms with van der Waals surface area (Å²) in [4.78, 5) is 15.5. The lowest BCUT2D eigenvalue weighted by molar-refractivity contribution is -0.0501. The first-order valence-corrected chi connectivity index (χ1v) is 5.93. The minimum atomic E-state index is -2.97. The first-order chi connectivity index (χ1) is 9.43. The molecule has 7 heteroatoms. The molecule has 0 amide bonds. The molecule has 2 aromatic rings. The van der Waals surface area contributed by atoms with E-state index in [9.17, 15) is 13.6 Å². The maximum Gasteiger partial charge on any atom is 0.387 e. The van der Waals surface area contributed by atoms with Crippen LogP contribution in [0.25, 0.3) is 10.9 Å². The molecule has 0 saturated carbocycles. The zero-order chi connectivity index (χ0) is 14.9. The predicted octanol–water partition coefficient (Wildman–Crippen LogP) is 3.58. The average molecular weight is 302 g/mol. The molecule has 2 rings (SSSR count). The Morgan fingerprint density at radius 3 is 2.70 bits per heavy atom. The normalized spacial score (nSPS) is 10.9. The number of carbonyl (C=O) groups is 1. The molecule has 1 aromatic carbocycles. The lowest BCUT2D eigenvalue weighted by atomic mass is 10.1. The quantitative estimate of drug-likeness (QED) is 0.813. The van der Waals surface area contributed by atoms with Crippen LogP contribution in [0.5, 0.6) is 5.75 Å². The van der Waals surface area contributed by atoms with Gasteiger partial charge in [0.05, 0.1) is 23.2 Å². The third kappa shape index (κ3) is 2.65. The number of fused-ring (bicyclic) bond motifs is 1. The molecule has 0 fully saturated rings. The molecule has 1 heterocycles. The summed E-state index contributed by atoms with van der Waals surface area (Å²) in [5, 5.41) is 0.566. The summed E-state index contributed by atoms with van der Waals surface area (Å²) < 4.78 is 33.6. The van der Waals surface area contributed by atoms with Crippen LogP contribution in [0.3, 0.4) is 0 Å². The summed E-state index contributed by atoms with van der Waals surface area (Å²) >= 11 is 5.92. The van der Waals surface area contributed by atoms with Crippen molar-refractivity contribution in [3.8, 4) is 5.75 Å². The third-order valence-electron chi connectivity index (χ3n) is 2.74. The first-order valence-electron chi connectivity index (χ1n) is 5.56. The molecule has 0 atom stereocenters. The van der Waals surface area contributed by atoms with Crippen LogP contribution in [-0.4, -0.2) is 24.7 Å². The number of ether oxygens (including phenoxy) is 2. The van der Waals surface area contributed by atoms with Crippen LogP contribution >= 0.6 is 11.6 Å². The Labute approximate surface area is 118 Å². The van der Waals surface area contributed by atoms with Crippen molar-refractivity contribution < 1.29 is 23.0 Å². The number of hydrogen-bond acceptors (Lipinski definition) is 4. The van der Waals surface area contributed by atoms with Crippen LogP contribution in [0.15, 0.2) is 18.3 Å². The summed E-state index contributed by atoms with van der Waals surface area (Å²) in [6, 6.07) is 2.94. The van der Waals surface area contributed by atoms with Gasteiger partial charge in [0.25, 0.3) is 0 Å². The van der Waals surface area contributed by atoms with Gasteiger partial charge in [-0.2, -0.15) is 8.78 Å². The minimum Gasteiger partial charge on any atom is -0.465 e. The third-order valence-corrected chi connectivity index (χ3v) is 3.02. The van der Waals surface area contributed by atoms with Gasteiger partial charge in [0.15, 0.2) is 0 Å². The van der Waals surface area contributed by atoms with Crippen LogP contribution in [0, 0.1) is 6.92 Å². The maximum atomic E-state index is 12.3. The second kappa shape index (κ2) is 5.58. The fourth-order valence-corrected chi connectivity index (χ4v) is 2.16. The zero-order valence-electron chi connectivity index (χ0n) is 10.6. The summed E-state index contributed by atoms with van der Waals surface area (Å²) in [6.45, 7) is -1.41. The Kier molecular flexibility index (Phi) is 4.04. The molecule has 106 valence electrons. The van der Waals surface area contributed by atoms with E-state index in [-0.39, 0.29) is 16.3 Å². The van der Waals surface area contributed by atoms with E-state index in [1.54, 1.807) is 6.92 Å². The van der Waals surface area contributed by atoms with E-state index in [4.69, 9.17) is 11.6 Å². The van der Waals surface area contributed by atoms with E-state index in [1.807, 2.05) is 0 Å². The molecule has 0 unspecified atom stereocenters. The van der Waals surface area contributed by atoms with E-state index >= 15 is 0 Å². The molecule has 0 radical (unpaired) electrons. The molecule has 0 aliphatic carbocycles. The van der Waals surface area contributed by atoms with Crippen molar-refractivity contribution in [3.63, 3.8) is 0 Å². The Hall–Kier alpha value is -1.95. The molecule has 20 heavy (non-hydrogen) atoms. The summed E-state index contributed by atoms with van der Waals surface area (Å²) in [7, 11) is 1.25. The Balaban J connectivity index is 2.60. The molecule has 0 saturated heterocycles. The number of alkyl halides is 2. The molecule has 0 aliphatic heterocycles. The second-order valence-electron chi connectivity index (χ2n) is 3.98. The molecule has 0 aliphatic rings. The van der Waals surface area contributed by atoms with Gasteiger partial charge in [0.2, 0.25) is 0 Å². The van der Waals surface area contributed by atoms with Gasteiger partial charge in [0, 0.05) is 17.1 Å². The van der Waals surface area contributed by atoms with Gasteiger partial charge in [-0.1, -0.05) is 11.6 Å². The summed E-state index contributed by atoms with van der Waals surface area (Å²) in [5.74, 6) is -0.659. The van der Waals surface area contributed by atoms with Crippen LogP contribution in [0.1, 0.15) is 15.9 Å². The number of hydrogen-bond donors (Lipinski definition) is 0.